The van der Waals surface area contributed by atoms with Gasteiger partial charge in [-0.15, -0.1) is 0 Å². The molecule has 0 spiro atoms. The number of carbonyl (C=O) groups is 2. The van der Waals surface area contributed by atoms with Crippen molar-refractivity contribution < 1.29 is 14.3 Å². The molecule has 126 valence electrons. The zero-order chi connectivity index (χ0) is 17.2. The van der Waals surface area contributed by atoms with E-state index in [0.717, 1.165) is 12.8 Å². The molecule has 0 atom stereocenters. The quantitative estimate of drug-likeness (QED) is 0.842. The summed E-state index contributed by atoms with van der Waals surface area (Å²) in [5.41, 5.74) is -0.483. The minimum Gasteiger partial charge on any atom is -0.464 e. The molecule has 1 amide bonds. The van der Waals surface area contributed by atoms with Crippen LogP contribution in [-0.2, 0) is 9.53 Å². The second-order valence-electron chi connectivity index (χ2n) is 6.06. The van der Waals surface area contributed by atoms with E-state index in [1.165, 1.54) is 6.07 Å². The van der Waals surface area contributed by atoms with Crippen molar-refractivity contribution in [1.82, 2.24) is 10.3 Å². The second-order valence-corrected chi connectivity index (χ2v) is 6.06. The number of H-pyrrole nitrogens is 1. The van der Waals surface area contributed by atoms with Crippen LogP contribution < -0.4 is 10.9 Å². The number of fused-ring (bicyclic) bond motifs is 1. The fraction of sp³-hybridized carbons (Fsp3) is 0.389. The van der Waals surface area contributed by atoms with Gasteiger partial charge in [-0.25, -0.2) is 4.79 Å². The lowest BCUT2D eigenvalue weighted by Crippen LogP contribution is -2.53. The number of hydrogen-bond donors (Lipinski definition) is 2. The number of nitrogens with one attached hydrogen (secondary N) is 2. The normalized spacial score (nSPS) is 16.0. The summed E-state index contributed by atoms with van der Waals surface area (Å²) in [6, 6.07) is 8.37. The highest BCUT2D eigenvalue weighted by molar-refractivity contribution is 6.07. The SMILES string of the molecule is CCOC(=O)C1(NC(=O)c2cc(=O)[nH]c3ccccc23)CCCC1. The van der Waals surface area contributed by atoms with Crippen LogP contribution in [-0.4, -0.2) is 29.0 Å². The lowest BCUT2D eigenvalue weighted by Gasteiger charge is -2.28. The molecule has 0 unspecified atom stereocenters. The van der Waals surface area contributed by atoms with Crippen LogP contribution in [0.25, 0.3) is 10.9 Å². The van der Waals surface area contributed by atoms with Crippen molar-refractivity contribution >= 4 is 22.8 Å². The lowest BCUT2D eigenvalue weighted by atomic mass is 9.96. The molecule has 1 aromatic carbocycles. The Morgan fingerprint density at radius 3 is 2.67 bits per heavy atom. The predicted molar refractivity (Wildman–Crippen MR) is 89.9 cm³/mol. The molecular formula is C18H20N2O4. The Labute approximate surface area is 139 Å². The minimum atomic E-state index is -0.989. The summed E-state index contributed by atoms with van der Waals surface area (Å²) in [5, 5.41) is 3.49. The van der Waals surface area contributed by atoms with E-state index in [0.29, 0.717) is 23.7 Å². The van der Waals surface area contributed by atoms with Crippen molar-refractivity contribution in [2.45, 2.75) is 38.1 Å². The molecule has 1 aliphatic rings. The van der Waals surface area contributed by atoms with E-state index >= 15 is 0 Å². The highest BCUT2D eigenvalue weighted by Crippen LogP contribution is 2.31. The maximum absolute atomic E-state index is 12.8. The molecule has 6 heteroatoms. The minimum absolute atomic E-state index is 0.268. The van der Waals surface area contributed by atoms with Crippen LogP contribution in [0, 0.1) is 0 Å². The molecule has 3 rings (SSSR count). The van der Waals surface area contributed by atoms with E-state index in [1.54, 1.807) is 31.2 Å². The molecule has 1 heterocycles. The molecule has 1 saturated carbocycles. The number of hydrogen-bond acceptors (Lipinski definition) is 4. The van der Waals surface area contributed by atoms with Gasteiger partial charge in [0.2, 0.25) is 5.56 Å². The molecule has 6 nitrogen and oxygen atoms in total. The Morgan fingerprint density at radius 1 is 1.25 bits per heavy atom. The summed E-state index contributed by atoms with van der Waals surface area (Å²) in [5.74, 6) is -0.822. The molecule has 0 saturated heterocycles. The van der Waals surface area contributed by atoms with E-state index in [1.807, 2.05) is 0 Å². The van der Waals surface area contributed by atoms with Gasteiger partial charge in [-0.05, 0) is 25.8 Å². The number of aromatic nitrogens is 1. The topological polar surface area (TPSA) is 88.3 Å². The van der Waals surface area contributed by atoms with E-state index in [-0.39, 0.29) is 17.7 Å². The zero-order valence-corrected chi connectivity index (χ0v) is 13.6. The summed E-state index contributed by atoms with van der Waals surface area (Å²) >= 11 is 0. The fourth-order valence-electron chi connectivity index (χ4n) is 3.31. The van der Waals surface area contributed by atoms with Gasteiger partial charge in [-0.3, -0.25) is 9.59 Å². The van der Waals surface area contributed by atoms with Crippen LogP contribution in [0.4, 0.5) is 0 Å². The maximum atomic E-state index is 12.8. The highest BCUT2D eigenvalue weighted by atomic mass is 16.5. The molecular weight excluding hydrogens is 308 g/mol. The zero-order valence-electron chi connectivity index (χ0n) is 13.6. The van der Waals surface area contributed by atoms with Crippen molar-refractivity contribution in [1.29, 1.82) is 0 Å². The van der Waals surface area contributed by atoms with Crippen LogP contribution >= 0.6 is 0 Å². The van der Waals surface area contributed by atoms with Crippen molar-refractivity contribution in [2.75, 3.05) is 6.61 Å². The molecule has 2 N–H and O–H groups in total. The second kappa shape index (κ2) is 6.47. The fourth-order valence-corrected chi connectivity index (χ4v) is 3.31. The van der Waals surface area contributed by atoms with Gasteiger partial charge >= 0.3 is 5.97 Å². The lowest BCUT2D eigenvalue weighted by molar-refractivity contribution is -0.150. The van der Waals surface area contributed by atoms with Gasteiger partial charge in [-0.1, -0.05) is 31.0 Å². The Morgan fingerprint density at radius 2 is 1.96 bits per heavy atom. The van der Waals surface area contributed by atoms with Gasteiger partial charge in [0, 0.05) is 17.0 Å². The number of esters is 1. The average molecular weight is 328 g/mol. The third-order valence-electron chi connectivity index (χ3n) is 4.47. The highest BCUT2D eigenvalue weighted by Gasteiger charge is 2.44. The number of aromatic amines is 1. The molecule has 0 radical (unpaired) electrons. The first-order valence-electron chi connectivity index (χ1n) is 8.17. The van der Waals surface area contributed by atoms with Gasteiger partial charge in [0.1, 0.15) is 5.54 Å². The molecule has 1 aromatic heterocycles. The van der Waals surface area contributed by atoms with E-state index < -0.39 is 17.4 Å². The van der Waals surface area contributed by atoms with Crippen molar-refractivity contribution in [3.05, 3.63) is 46.2 Å². The van der Waals surface area contributed by atoms with Gasteiger partial charge in [0.05, 0.1) is 12.2 Å². The first-order chi connectivity index (χ1) is 11.6. The summed E-state index contributed by atoms with van der Waals surface area (Å²) < 4.78 is 5.16. The standard InChI is InChI=1S/C18H20N2O4/c1-2-24-17(23)18(9-5-6-10-18)20-16(22)13-11-15(21)19-14-8-4-3-7-12(13)14/h3-4,7-8,11H,2,5-6,9-10H2,1H3,(H,19,21)(H,20,22). The number of ether oxygens (including phenoxy) is 1. The largest absolute Gasteiger partial charge is 0.464 e. The third-order valence-corrected chi connectivity index (χ3v) is 4.47. The van der Waals surface area contributed by atoms with E-state index in [9.17, 15) is 14.4 Å². The number of para-hydroxylation sites is 1. The summed E-state index contributed by atoms with van der Waals surface area (Å²) in [7, 11) is 0. The average Bonchev–Trinajstić information content (AvgIpc) is 3.04. The number of carbonyl (C=O) groups excluding carboxylic acids is 2. The number of pyridine rings is 1. The smallest absolute Gasteiger partial charge is 0.331 e. The van der Waals surface area contributed by atoms with Crippen LogP contribution in [0.1, 0.15) is 43.0 Å². The van der Waals surface area contributed by atoms with Gasteiger partial charge in [0.15, 0.2) is 0 Å². The van der Waals surface area contributed by atoms with Crippen LogP contribution in [0.5, 0.6) is 0 Å². The monoisotopic (exact) mass is 328 g/mol. The molecule has 0 aliphatic heterocycles. The molecule has 2 aromatic rings. The predicted octanol–water partition coefficient (Wildman–Crippen LogP) is 2.13. The van der Waals surface area contributed by atoms with Crippen molar-refractivity contribution in [3.63, 3.8) is 0 Å². The Bertz CT molecular complexity index is 834. The summed E-state index contributed by atoms with van der Waals surface area (Å²) in [6.07, 6.45) is 2.82. The van der Waals surface area contributed by atoms with Gasteiger partial charge < -0.3 is 15.0 Å². The van der Waals surface area contributed by atoms with Crippen molar-refractivity contribution in [3.8, 4) is 0 Å². The third kappa shape index (κ3) is 2.91. The van der Waals surface area contributed by atoms with Crippen LogP contribution in [0.3, 0.4) is 0 Å². The first kappa shape index (κ1) is 16.2. The molecule has 1 aliphatic carbocycles. The van der Waals surface area contributed by atoms with Crippen LogP contribution in [0.15, 0.2) is 35.1 Å². The Hall–Kier alpha value is -2.63. The number of amides is 1. The number of benzene rings is 1. The molecule has 24 heavy (non-hydrogen) atoms. The summed E-state index contributed by atoms with van der Waals surface area (Å²) in [4.78, 5) is 39.7. The first-order valence-corrected chi connectivity index (χ1v) is 8.17. The Kier molecular flexibility index (Phi) is 4.38. The van der Waals surface area contributed by atoms with E-state index in [4.69, 9.17) is 4.74 Å². The van der Waals surface area contributed by atoms with Crippen LogP contribution in [0.2, 0.25) is 0 Å². The summed E-state index contributed by atoms with van der Waals surface area (Å²) in [6.45, 7) is 2.01. The van der Waals surface area contributed by atoms with Gasteiger partial charge in [-0.2, -0.15) is 0 Å². The van der Waals surface area contributed by atoms with E-state index in [2.05, 4.69) is 10.3 Å². The molecule has 0 bridgehead atoms. The Balaban J connectivity index is 1.97. The molecule has 1 fully saturated rings. The number of rotatable bonds is 4. The van der Waals surface area contributed by atoms with Crippen molar-refractivity contribution in [2.24, 2.45) is 0 Å². The van der Waals surface area contributed by atoms with Gasteiger partial charge in [0.25, 0.3) is 5.91 Å². The maximum Gasteiger partial charge on any atom is 0.331 e.